The van der Waals surface area contributed by atoms with Crippen LogP contribution in [0.1, 0.15) is 25.3 Å². The third-order valence-corrected chi connectivity index (χ3v) is 2.34. The number of rotatable bonds is 4. The summed E-state index contributed by atoms with van der Waals surface area (Å²) in [6.07, 6.45) is 0. The minimum atomic E-state index is -0.456. The Morgan fingerprint density at radius 1 is 1.50 bits per heavy atom. The largest absolute Gasteiger partial charge is 0.504 e. The lowest BCUT2D eigenvalue weighted by molar-refractivity contribution is -0.144. The summed E-state index contributed by atoms with van der Waals surface area (Å²) in [6.45, 7) is 3.81. The highest BCUT2D eigenvalue weighted by Crippen LogP contribution is 2.34. The predicted octanol–water partition coefficient (Wildman–Crippen LogP) is 2.07. The van der Waals surface area contributed by atoms with Gasteiger partial charge in [-0.25, -0.2) is 0 Å². The number of methoxy groups -OCH3 is 1. The van der Waals surface area contributed by atoms with E-state index in [1.54, 1.807) is 26.0 Å². The number of carbonyl (C=O) groups excluding carboxylic acids is 1. The summed E-state index contributed by atoms with van der Waals surface area (Å²) in [7, 11) is 1.45. The average molecular weight is 224 g/mol. The number of benzene rings is 1. The molecule has 88 valence electrons. The van der Waals surface area contributed by atoms with Crippen LogP contribution >= 0.6 is 0 Å². The lowest BCUT2D eigenvalue weighted by Crippen LogP contribution is -2.13. The van der Waals surface area contributed by atoms with Crippen LogP contribution < -0.4 is 4.74 Å². The third kappa shape index (κ3) is 2.45. The maximum Gasteiger partial charge on any atom is 0.313 e. The van der Waals surface area contributed by atoms with Crippen molar-refractivity contribution >= 4 is 5.97 Å². The van der Waals surface area contributed by atoms with Crippen LogP contribution in [0.25, 0.3) is 0 Å². The molecule has 0 heterocycles. The molecule has 0 aromatic heterocycles. The van der Waals surface area contributed by atoms with Crippen LogP contribution in [0.5, 0.6) is 11.5 Å². The van der Waals surface area contributed by atoms with E-state index in [0.717, 1.165) is 0 Å². The number of hydrogen-bond donors (Lipinski definition) is 1. The summed E-state index contributed by atoms with van der Waals surface area (Å²) >= 11 is 0. The van der Waals surface area contributed by atoms with E-state index in [0.29, 0.717) is 17.9 Å². The first-order valence-electron chi connectivity index (χ1n) is 5.14. The Balaban J connectivity index is 3.03. The molecule has 1 N–H and O–H groups in total. The molecule has 4 nitrogen and oxygen atoms in total. The molecule has 0 aliphatic heterocycles. The van der Waals surface area contributed by atoms with E-state index < -0.39 is 5.92 Å². The fraction of sp³-hybridized carbons (Fsp3) is 0.417. The first kappa shape index (κ1) is 12.4. The molecule has 0 saturated heterocycles. The van der Waals surface area contributed by atoms with Gasteiger partial charge in [0.1, 0.15) is 0 Å². The van der Waals surface area contributed by atoms with E-state index in [2.05, 4.69) is 0 Å². The molecular weight excluding hydrogens is 208 g/mol. The van der Waals surface area contributed by atoms with Crippen molar-refractivity contribution in [3.8, 4) is 11.5 Å². The summed E-state index contributed by atoms with van der Waals surface area (Å²) in [4.78, 5) is 11.6. The van der Waals surface area contributed by atoms with E-state index >= 15 is 0 Å². The van der Waals surface area contributed by atoms with Gasteiger partial charge in [0, 0.05) is 5.56 Å². The monoisotopic (exact) mass is 224 g/mol. The molecule has 0 bridgehead atoms. The number of phenolic OH excluding ortho intramolecular Hbond substituents is 1. The van der Waals surface area contributed by atoms with Crippen molar-refractivity contribution in [3.63, 3.8) is 0 Å². The van der Waals surface area contributed by atoms with Gasteiger partial charge in [0.05, 0.1) is 19.6 Å². The summed E-state index contributed by atoms with van der Waals surface area (Å²) in [5.74, 6) is -0.437. The zero-order chi connectivity index (χ0) is 12.1. The Kier molecular flexibility index (Phi) is 4.17. The van der Waals surface area contributed by atoms with Crippen LogP contribution in [0.3, 0.4) is 0 Å². The van der Waals surface area contributed by atoms with Crippen LogP contribution in [-0.2, 0) is 9.53 Å². The van der Waals surface area contributed by atoms with Gasteiger partial charge in [-0.2, -0.15) is 0 Å². The van der Waals surface area contributed by atoms with Crippen molar-refractivity contribution in [3.05, 3.63) is 23.8 Å². The number of phenols is 1. The van der Waals surface area contributed by atoms with Crippen LogP contribution in [0, 0.1) is 0 Å². The van der Waals surface area contributed by atoms with E-state index in [1.165, 1.54) is 13.2 Å². The van der Waals surface area contributed by atoms with Gasteiger partial charge in [-0.05, 0) is 19.9 Å². The van der Waals surface area contributed by atoms with E-state index in [1.807, 2.05) is 0 Å². The van der Waals surface area contributed by atoms with Gasteiger partial charge in [-0.15, -0.1) is 0 Å². The molecule has 1 atom stereocenters. The lowest BCUT2D eigenvalue weighted by atomic mass is 10.00. The van der Waals surface area contributed by atoms with Gasteiger partial charge >= 0.3 is 5.97 Å². The molecule has 0 spiro atoms. The van der Waals surface area contributed by atoms with E-state index in [-0.39, 0.29) is 11.7 Å². The summed E-state index contributed by atoms with van der Waals surface area (Å²) in [5, 5.41) is 9.57. The van der Waals surface area contributed by atoms with Crippen LogP contribution in [0.2, 0.25) is 0 Å². The molecule has 0 fully saturated rings. The second kappa shape index (κ2) is 5.39. The maximum atomic E-state index is 11.6. The highest BCUT2D eigenvalue weighted by molar-refractivity contribution is 5.79. The van der Waals surface area contributed by atoms with Crippen LogP contribution in [0.15, 0.2) is 18.2 Å². The van der Waals surface area contributed by atoms with E-state index in [4.69, 9.17) is 9.47 Å². The van der Waals surface area contributed by atoms with Crippen molar-refractivity contribution in [2.75, 3.05) is 13.7 Å². The Hall–Kier alpha value is -1.71. The first-order chi connectivity index (χ1) is 7.61. The Morgan fingerprint density at radius 3 is 2.75 bits per heavy atom. The zero-order valence-corrected chi connectivity index (χ0v) is 9.69. The van der Waals surface area contributed by atoms with Gasteiger partial charge < -0.3 is 14.6 Å². The molecule has 4 heteroatoms. The standard InChI is InChI=1S/C12H16O4/c1-4-16-12(14)8(2)9-6-5-7-10(13)11(9)15-3/h5-8,13H,4H2,1-3H3/t8-/m0/s1. The second-order valence-corrected chi connectivity index (χ2v) is 3.37. The van der Waals surface area contributed by atoms with Crippen molar-refractivity contribution in [2.45, 2.75) is 19.8 Å². The normalized spacial score (nSPS) is 11.9. The van der Waals surface area contributed by atoms with Crippen molar-refractivity contribution in [1.82, 2.24) is 0 Å². The minimum absolute atomic E-state index is 0.0242. The van der Waals surface area contributed by atoms with Crippen LogP contribution in [-0.4, -0.2) is 24.8 Å². The summed E-state index contributed by atoms with van der Waals surface area (Å²) < 4.78 is 9.99. The molecule has 1 aromatic rings. The molecular formula is C12H16O4. The van der Waals surface area contributed by atoms with Gasteiger partial charge in [0.25, 0.3) is 0 Å². The topological polar surface area (TPSA) is 55.8 Å². The Labute approximate surface area is 94.8 Å². The van der Waals surface area contributed by atoms with Gasteiger partial charge in [0.15, 0.2) is 11.5 Å². The molecule has 0 amide bonds. The second-order valence-electron chi connectivity index (χ2n) is 3.37. The fourth-order valence-corrected chi connectivity index (χ4v) is 1.50. The van der Waals surface area contributed by atoms with E-state index in [9.17, 15) is 9.90 Å². The van der Waals surface area contributed by atoms with Crippen molar-refractivity contribution in [2.24, 2.45) is 0 Å². The van der Waals surface area contributed by atoms with Gasteiger partial charge in [0.2, 0.25) is 0 Å². The Morgan fingerprint density at radius 2 is 2.19 bits per heavy atom. The first-order valence-corrected chi connectivity index (χ1v) is 5.14. The average Bonchev–Trinajstić information content (AvgIpc) is 2.28. The molecule has 1 rings (SSSR count). The molecule has 0 aliphatic carbocycles. The summed E-state index contributed by atoms with van der Waals surface area (Å²) in [5.41, 5.74) is 0.626. The lowest BCUT2D eigenvalue weighted by Gasteiger charge is -2.15. The number of carbonyl (C=O) groups is 1. The molecule has 0 radical (unpaired) electrons. The van der Waals surface area contributed by atoms with Gasteiger partial charge in [-0.3, -0.25) is 4.79 Å². The number of aromatic hydroxyl groups is 1. The number of esters is 1. The zero-order valence-electron chi connectivity index (χ0n) is 9.69. The number of para-hydroxylation sites is 1. The smallest absolute Gasteiger partial charge is 0.313 e. The highest BCUT2D eigenvalue weighted by atomic mass is 16.5. The third-order valence-electron chi connectivity index (χ3n) is 2.34. The maximum absolute atomic E-state index is 11.6. The molecule has 0 unspecified atom stereocenters. The highest BCUT2D eigenvalue weighted by Gasteiger charge is 2.21. The molecule has 1 aromatic carbocycles. The van der Waals surface area contributed by atoms with Crippen molar-refractivity contribution < 1.29 is 19.4 Å². The summed E-state index contributed by atoms with van der Waals surface area (Å²) in [6, 6.07) is 4.92. The van der Waals surface area contributed by atoms with Crippen LogP contribution in [0.4, 0.5) is 0 Å². The molecule has 0 saturated carbocycles. The minimum Gasteiger partial charge on any atom is -0.504 e. The fourth-order valence-electron chi connectivity index (χ4n) is 1.50. The van der Waals surface area contributed by atoms with Crippen molar-refractivity contribution in [1.29, 1.82) is 0 Å². The number of hydrogen-bond acceptors (Lipinski definition) is 4. The Bertz CT molecular complexity index is 373. The number of ether oxygens (including phenoxy) is 2. The molecule has 16 heavy (non-hydrogen) atoms. The molecule has 0 aliphatic rings. The predicted molar refractivity (Wildman–Crippen MR) is 59.7 cm³/mol. The van der Waals surface area contributed by atoms with Gasteiger partial charge in [-0.1, -0.05) is 12.1 Å². The quantitative estimate of drug-likeness (QED) is 0.795. The SMILES string of the molecule is CCOC(=O)[C@@H](C)c1cccc(O)c1OC.